The van der Waals surface area contributed by atoms with Crippen molar-refractivity contribution in [3.05, 3.63) is 98.2 Å². The van der Waals surface area contributed by atoms with E-state index in [-0.39, 0.29) is 18.5 Å². The number of anilines is 1. The van der Waals surface area contributed by atoms with Crippen LogP contribution >= 0.6 is 34.8 Å². The van der Waals surface area contributed by atoms with E-state index >= 15 is 0 Å². The van der Waals surface area contributed by atoms with Crippen molar-refractivity contribution in [1.82, 2.24) is 5.16 Å². The number of benzene rings is 3. The van der Waals surface area contributed by atoms with E-state index < -0.39 is 0 Å². The van der Waals surface area contributed by atoms with Crippen LogP contribution in [0, 0.1) is 0 Å². The van der Waals surface area contributed by atoms with Crippen molar-refractivity contribution in [1.29, 1.82) is 0 Å². The van der Waals surface area contributed by atoms with Gasteiger partial charge >= 0.3 is 5.97 Å². The molecular weight excluding hydrogens is 583 g/mol. The van der Waals surface area contributed by atoms with Crippen LogP contribution < -0.4 is 9.64 Å². The number of carbonyl (C=O) groups excluding carboxylic acids is 1. The summed E-state index contributed by atoms with van der Waals surface area (Å²) < 4.78 is 16.7. The number of carbonyl (C=O) groups is 1. The molecule has 0 N–H and O–H groups in total. The summed E-state index contributed by atoms with van der Waals surface area (Å²) in [6.07, 6.45) is 1.98. The van der Waals surface area contributed by atoms with E-state index in [2.05, 4.69) is 10.1 Å². The molecule has 9 heteroatoms. The van der Waals surface area contributed by atoms with Gasteiger partial charge in [0.15, 0.2) is 0 Å². The fraction of sp³-hybridized carbons (Fsp3) is 0.312. The summed E-state index contributed by atoms with van der Waals surface area (Å²) in [7, 11) is 1.39. The molecule has 1 aromatic heterocycles. The number of hydrogen-bond acceptors (Lipinski definition) is 6. The number of halogens is 3. The van der Waals surface area contributed by atoms with Gasteiger partial charge in [-0.05, 0) is 60.7 Å². The van der Waals surface area contributed by atoms with Crippen LogP contribution in [0.2, 0.25) is 15.1 Å². The van der Waals surface area contributed by atoms with Crippen LogP contribution in [0.25, 0.3) is 11.3 Å². The van der Waals surface area contributed by atoms with Crippen molar-refractivity contribution in [2.75, 3.05) is 25.1 Å². The minimum Gasteiger partial charge on any atom is -0.489 e. The summed E-state index contributed by atoms with van der Waals surface area (Å²) >= 11 is 19.7. The zero-order chi connectivity index (χ0) is 29.1. The molecule has 0 aliphatic carbocycles. The normalized spacial score (nSPS) is 14.0. The van der Waals surface area contributed by atoms with Gasteiger partial charge in [-0.15, -0.1) is 0 Å². The molecule has 0 bridgehead atoms. The molecule has 2 heterocycles. The summed E-state index contributed by atoms with van der Waals surface area (Å²) in [5.41, 5.74) is 4.79. The van der Waals surface area contributed by atoms with Crippen molar-refractivity contribution in [3.63, 3.8) is 0 Å². The van der Waals surface area contributed by atoms with Crippen LogP contribution in [0.5, 0.6) is 5.75 Å². The van der Waals surface area contributed by atoms with Crippen LogP contribution in [0.1, 0.15) is 65.8 Å². The second kappa shape index (κ2) is 12.8. The minimum absolute atomic E-state index is 0.0933. The lowest BCUT2D eigenvalue weighted by molar-refractivity contribution is 0.0600. The van der Waals surface area contributed by atoms with Gasteiger partial charge in [0.1, 0.15) is 23.8 Å². The Morgan fingerprint density at radius 2 is 1.68 bits per heavy atom. The van der Waals surface area contributed by atoms with Crippen molar-refractivity contribution in [2.45, 2.75) is 45.1 Å². The molecule has 1 aliphatic rings. The Bertz CT molecular complexity index is 1510. The maximum atomic E-state index is 11.7. The lowest BCUT2D eigenvalue weighted by Gasteiger charge is -2.34. The van der Waals surface area contributed by atoms with Gasteiger partial charge in [-0.25, -0.2) is 4.79 Å². The van der Waals surface area contributed by atoms with E-state index in [0.717, 1.165) is 42.9 Å². The maximum absolute atomic E-state index is 11.7. The Hall–Kier alpha value is -3.19. The number of aromatic nitrogens is 1. The third-order valence-electron chi connectivity index (χ3n) is 7.48. The first-order valence-electron chi connectivity index (χ1n) is 13.5. The molecule has 0 amide bonds. The number of piperidine rings is 1. The monoisotopic (exact) mass is 612 g/mol. The van der Waals surface area contributed by atoms with Crippen LogP contribution in [0.3, 0.4) is 0 Å². The molecule has 0 radical (unpaired) electrons. The SMILES string of the molecule is COC(=O)c1ccc(C2CCN(c3ccc(OCc4c(-c5c(Cl)cccc5Cl)noc4C(C)C)cc3Cl)CC2)cc1. The van der Waals surface area contributed by atoms with E-state index in [1.54, 1.807) is 18.2 Å². The molecule has 1 fully saturated rings. The predicted octanol–water partition coefficient (Wildman–Crippen LogP) is 9.17. The summed E-state index contributed by atoms with van der Waals surface area (Å²) in [6, 6.07) is 18.8. The van der Waals surface area contributed by atoms with Crippen LogP contribution in [-0.4, -0.2) is 31.3 Å². The van der Waals surface area contributed by atoms with E-state index in [1.807, 2.05) is 56.3 Å². The van der Waals surface area contributed by atoms with Gasteiger partial charge in [-0.2, -0.15) is 0 Å². The zero-order valence-electron chi connectivity index (χ0n) is 23.1. The number of methoxy groups -OCH3 is 1. The fourth-order valence-corrected chi connectivity index (χ4v) is 6.15. The predicted molar refractivity (Wildman–Crippen MR) is 164 cm³/mol. The van der Waals surface area contributed by atoms with Crippen LogP contribution in [0.4, 0.5) is 5.69 Å². The Morgan fingerprint density at radius 1 is 1.00 bits per heavy atom. The number of hydrogen-bond donors (Lipinski definition) is 0. The van der Waals surface area contributed by atoms with Crippen LogP contribution in [0.15, 0.2) is 65.2 Å². The first-order chi connectivity index (χ1) is 19.8. The highest BCUT2D eigenvalue weighted by Gasteiger charge is 2.25. The summed E-state index contributed by atoms with van der Waals surface area (Å²) in [4.78, 5) is 14.0. The minimum atomic E-state index is -0.319. The molecular formula is C32H31Cl3N2O4. The molecule has 3 aromatic carbocycles. The number of ether oxygens (including phenoxy) is 2. The smallest absolute Gasteiger partial charge is 0.337 e. The highest BCUT2D eigenvalue weighted by molar-refractivity contribution is 6.39. The largest absolute Gasteiger partial charge is 0.489 e. The van der Waals surface area contributed by atoms with Gasteiger partial charge in [0.2, 0.25) is 0 Å². The highest BCUT2D eigenvalue weighted by Crippen LogP contribution is 2.40. The zero-order valence-corrected chi connectivity index (χ0v) is 25.4. The average Bonchev–Trinajstić information content (AvgIpc) is 3.39. The topological polar surface area (TPSA) is 64.8 Å². The highest BCUT2D eigenvalue weighted by atomic mass is 35.5. The van der Waals surface area contributed by atoms with E-state index in [0.29, 0.717) is 43.6 Å². The molecule has 0 unspecified atom stereocenters. The second-order valence-corrected chi connectivity index (χ2v) is 11.6. The molecule has 0 spiro atoms. The van der Waals surface area contributed by atoms with Crippen LogP contribution in [-0.2, 0) is 11.3 Å². The lowest BCUT2D eigenvalue weighted by Crippen LogP contribution is -2.33. The van der Waals surface area contributed by atoms with Crippen molar-refractivity contribution >= 4 is 46.5 Å². The number of esters is 1. The average molecular weight is 614 g/mol. The van der Waals surface area contributed by atoms with Gasteiger partial charge < -0.3 is 18.9 Å². The van der Waals surface area contributed by atoms with Gasteiger partial charge in [0.25, 0.3) is 0 Å². The van der Waals surface area contributed by atoms with E-state index in [1.165, 1.54) is 12.7 Å². The van der Waals surface area contributed by atoms with Crippen molar-refractivity contribution in [2.24, 2.45) is 0 Å². The quantitative estimate of drug-likeness (QED) is 0.185. The summed E-state index contributed by atoms with van der Waals surface area (Å²) in [5, 5.41) is 5.93. The Morgan fingerprint density at radius 3 is 2.29 bits per heavy atom. The lowest BCUT2D eigenvalue weighted by atomic mass is 9.89. The summed E-state index contributed by atoms with van der Waals surface area (Å²) in [5.74, 6) is 1.57. The molecule has 6 nitrogen and oxygen atoms in total. The second-order valence-electron chi connectivity index (χ2n) is 10.4. The Labute approximate surface area is 255 Å². The van der Waals surface area contributed by atoms with Gasteiger partial charge in [0, 0.05) is 30.6 Å². The van der Waals surface area contributed by atoms with Gasteiger partial charge in [-0.3, -0.25) is 0 Å². The molecule has 0 atom stereocenters. The number of rotatable bonds is 8. The molecule has 5 rings (SSSR count). The Kier molecular flexibility index (Phi) is 9.12. The molecule has 0 saturated carbocycles. The maximum Gasteiger partial charge on any atom is 0.337 e. The molecule has 4 aromatic rings. The molecule has 1 saturated heterocycles. The fourth-order valence-electron chi connectivity index (χ4n) is 5.29. The molecule has 1 aliphatic heterocycles. The van der Waals surface area contributed by atoms with E-state index in [4.69, 9.17) is 48.8 Å². The number of nitrogens with zero attached hydrogens (tertiary/aromatic N) is 2. The van der Waals surface area contributed by atoms with Gasteiger partial charge in [0.05, 0.1) is 39.0 Å². The third-order valence-corrected chi connectivity index (χ3v) is 8.42. The Balaban J connectivity index is 1.26. The standard InChI is InChI=1S/C32H31Cl3N2O4/c1-19(2)31-24(30(36-41-31)29-25(33)5-4-6-26(29)34)18-40-23-11-12-28(27(35)17-23)37-15-13-21(14-16-37)20-7-9-22(10-8-20)32(38)39-3/h4-12,17,19,21H,13-16,18H2,1-3H3. The third kappa shape index (κ3) is 6.35. The molecule has 214 valence electrons. The first kappa shape index (κ1) is 29.3. The van der Waals surface area contributed by atoms with E-state index in [9.17, 15) is 4.79 Å². The van der Waals surface area contributed by atoms with Crippen molar-refractivity contribution < 1.29 is 18.8 Å². The first-order valence-corrected chi connectivity index (χ1v) is 14.7. The summed E-state index contributed by atoms with van der Waals surface area (Å²) in [6.45, 7) is 6.06. The van der Waals surface area contributed by atoms with Crippen molar-refractivity contribution in [3.8, 4) is 17.0 Å². The van der Waals surface area contributed by atoms with Gasteiger partial charge in [-0.1, -0.05) is 72.0 Å². The molecule has 41 heavy (non-hydrogen) atoms.